The van der Waals surface area contributed by atoms with Gasteiger partial charge in [0.05, 0.1) is 25.4 Å². The zero-order valence-corrected chi connectivity index (χ0v) is 15.2. The number of nitrogens with zero attached hydrogens (tertiary/aromatic N) is 2. The molecule has 0 spiro atoms. The topological polar surface area (TPSA) is 49.0 Å². The van der Waals surface area contributed by atoms with Gasteiger partial charge < -0.3 is 25.0 Å². The van der Waals surface area contributed by atoms with Crippen LogP contribution in [0.3, 0.4) is 0 Å². The average molecular weight is 338 g/mol. The summed E-state index contributed by atoms with van der Waals surface area (Å²) in [4.78, 5) is 5.27. The van der Waals surface area contributed by atoms with Crippen molar-refractivity contribution in [2.24, 2.45) is 5.92 Å². The van der Waals surface area contributed by atoms with Crippen LogP contribution in [0.5, 0.6) is 0 Å². The minimum atomic E-state index is 0.385. The fraction of sp³-hybridized carbons (Fsp3) is 1.00. The highest BCUT2D eigenvalue weighted by atomic mass is 16.5. The molecule has 24 heavy (non-hydrogen) atoms. The molecule has 5 atom stereocenters. The molecular weight excluding hydrogens is 304 g/mol. The van der Waals surface area contributed by atoms with Crippen molar-refractivity contribution >= 4 is 0 Å². The lowest BCUT2D eigenvalue weighted by molar-refractivity contribution is -0.124. The molecule has 4 heterocycles. The van der Waals surface area contributed by atoms with Crippen LogP contribution in [0.15, 0.2) is 0 Å². The van der Waals surface area contributed by atoms with Gasteiger partial charge in [0.1, 0.15) is 0 Å². The molecule has 2 N–H and O–H groups in total. The predicted molar refractivity (Wildman–Crippen MR) is 94.3 cm³/mol. The van der Waals surface area contributed by atoms with E-state index in [0.29, 0.717) is 36.3 Å². The molecule has 4 fully saturated rings. The highest BCUT2D eigenvalue weighted by molar-refractivity contribution is 4.97. The monoisotopic (exact) mass is 338 g/mol. The minimum Gasteiger partial charge on any atom is -0.375 e. The molecule has 6 nitrogen and oxygen atoms in total. The lowest BCUT2D eigenvalue weighted by Crippen LogP contribution is -2.66. The molecule has 0 aromatic carbocycles. The van der Waals surface area contributed by atoms with E-state index >= 15 is 0 Å². The summed E-state index contributed by atoms with van der Waals surface area (Å²) >= 11 is 0. The first-order valence-corrected chi connectivity index (χ1v) is 9.88. The third-order valence-electron chi connectivity index (χ3n) is 6.32. The average Bonchev–Trinajstić information content (AvgIpc) is 2.61. The fourth-order valence-electron chi connectivity index (χ4n) is 5.13. The fourth-order valence-corrected chi connectivity index (χ4v) is 5.13. The third-order valence-corrected chi connectivity index (χ3v) is 6.32. The molecule has 0 aromatic rings. The number of likely N-dealkylation sites (tertiary alicyclic amines) is 1. The smallest absolute Gasteiger partial charge is 0.0795 e. The Labute approximate surface area is 146 Å². The second kappa shape index (κ2) is 7.56. The summed E-state index contributed by atoms with van der Waals surface area (Å²) in [5, 5.41) is 7.32. The third kappa shape index (κ3) is 3.50. The van der Waals surface area contributed by atoms with Crippen LogP contribution < -0.4 is 10.6 Å². The number of fused-ring (bicyclic) bond motifs is 2. The van der Waals surface area contributed by atoms with Gasteiger partial charge in [-0.15, -0.1) is 0 Å². The van der Waals surface area contributed by atoms with Crippen molar-refractivity contribution in [3.05, 3.63) is 0 Å². The molecule has 0 amide bonds. The van der Waals surface area contributed by atoms with Crippen molar-refractivity contribution in [1.82, 2.24) is 20.4 Å². The summed E-state index contributed by atoms with van der Waals surface area (Å²) in [5.41, 5.74) is 0. The summed E-state index contributed by atoms with van der Waals surface area (Å²) in [6.07, 6.45) is 1.97. The van der Waals surface area contributed by atoms with Gasteiger partial charge in [-0.3, -0.25) is 4.90 Å². The lowest BCUT2D eigenvalue weighted by Gasteiger charge is -2.50. The second-order valence-corrected chi connectivity index (χ2v) is 8.17. The van der Waals surface area contributed by atoms with Crippen molar-refractivity contribution in [2.45, 2.75) is 50.6 Å². The van der Waals surface area contributed by atoms with E-state index in [0.717, 1.165) is 65.4 Å². The van der Waals surface area contributed by atoms with Gasteiger partial charge >= 0.3 is 0 Å². The van der Waals surface area contributed by atoms with Gasteiger partial charge in [-0.2, -0.15) is 0 Å². The normalized spacial score (nSPS) is 41.9. The van der Waals surface area contributed by atoms with E-state index in [1.165, 1.54) is 0 Å². The summed E-state index contributed by atoms with van der Waals surface area (Å²) in [5.74, 6) is 0.589. The molecule has 138 valence electrons. The number of ether oxygens (including phenoxy) is 2. The van der Waals surface area contributed by atoms with Crippen LogP contribution in [0.4, 0.5) is 0 Å². The van der Waals surface area contributed by atoms with E-state index in [-0.39, 0.29) is 0 Å². The molecule has 0 saturated carbocycles. The first-order chi connectivity index (χ1) is 11.7. The Morgan fingerprint density at radius 1 is 1.12 bits per heavy atom. The molecule has 0 aliphatic carbocycles. The van der Waals surface area contributed by atoms with Gasteiger partial charge in [0.2, 0.25) is 0 Å². The van der Waals surface area contributed by atoms with Crippen LogP contribution >= 0.6 is 0 Å². The van der Waals surface area contributed by atoms with E-state index in [4.69, 9.17) is 9.47 Å². The quantitative estimate of drug-likeness (QED) is 0.740. The van der Waals surface area contributed by atoms with Crippen molar-refractivity contribution in [3.8, 4) is 0 Å². The molecule has 6 heteroatoms. The molecule has 0 aromatic heterocycles. The van der Waals surface area contributed by atoms with Crippen molar-refractivity contribution < 1.29 is 9.47 Å². The van der Waals surface area contributed by atoms with Crippen molar-refractivity contribution in [1.29, 1.82) is 0 Å². The van der Waals surface area contributed by atoms with Gasteiger partial charge in [-0.1, -0.05) is 0 Å². The molecule has 0 radical (unpaired) electrons. The number of rotatable bonds is 3. The summed E-state index contributed by atoms with van der Waals surface area (Å²) < 4.78 is 12.2. The first kappa shape index (κ1) is 17.2. The zero-order chi connectivity index (χ0) is 16.5. The Kier molecular flexibility index (Phi) is 5.41. The van der Waals surface area contributed by atoms with E-state index in [1.54, 1.807) is 0 Å². The Morgan fingerprint density at radius 3 is 2.92 bits per heavy atom. The van der Waals surface area contributed by atoms with Gasteiger partial charge in [0.25, 0.3) is 0 Å². The Hall–Kier alpha value is -0.240. The lowest BCUT2D eigenvalue weighted by atomic mass is 9.88. The zero-order valence-electron chi connectivity index (χ0n) is 15.2. The molecule has 5 unspecified atom stereocenters. The van der Waals surface area contributed by atoms with Crippen LogP contribution in [-0.4, -0.2) is 99.2 Å². The standard InChI is InChI=1S/C18H34N4O2/c1-13(2)22-6-8-24-18-14(9-19-10-16(18)22)11-21-5-3-17-15(12-21)20-4-7-23-17/h13-20H,3-12H2,1-2H3. The molecular formula is C18H34N4O2. The van der Waals surface area contributed by atoms with Crippen LogP contribution in [0.1, 0.15) is 20.3 Å². The summed E-state index contributed by atoms with van der Waals surface area (Å²) in [6, 6.07) is 1.65. The SMILES string of the molecule is CC(C)N1CCOC2C(CN3CCC4OCCNC4C3)CNCC21. The van der Waals surface area contributed by atoms with Crippen LogP contribution in [0.25, 0.3) is 0 Å². The summed E-state index contributed by atoms with van der Waals surface area (Å²) in [7, 11) is 0. The molecule has 0 bridgehead atoms. The highest BCUT2D eigenvalue weighted by Gasteiger charge is 2.42. The Morgan fingerprint density at radius 2 is 2.04 bits per heavy atom. The minimum absolute atomic E-state index is 0.385. The van der Waals surface area contributed by atoms with Crippen LogP contribution in [0.2, 0.25) is 0 Å². The Bertz CT molecular complexity index is 422. The van der Waals surface area contributed by atoms with Gasteiger partial charge in [0, 0.05) is 69.9 Å². The van der Waals surface area contributed by atoms with Crippen molar-refractivity contribution in [3.63, 3.8) is 0 Å². The van der Waals surface area contributed by atoms with E-state index in [1.807, 2.05) is 0 Å². The van der Waals surface area contributed by atoms with Crippen LogP contribution in [0, 0.1) is 5.92 Å². The largest absolute Gasteiger partial charge is 0.375 e. The van der Waals surface area contributed by atoms with Crippen LogP contribution in [-0.2, 0) is 9.47 Å². The number of morpholine rings is 2. The second-order valence-electron chi connectivity index (χ2n) is 8.17. The maximum absolute atomic E-state index is 6.27. The van der Waals surface area contributed by atoms with Gasteiger partial charge in [-0.25, -0.2) is 0 Å². The number of nitrogens with one attached hydrogen (secondary N) is 2. The predicted octanol–water partition coefficient (Wildman–Crippen LogP) is -0.254. The molecule has 4 aliphatic heterocycles. The molecule has 4 aliphatic rings. The molecule has 4 saturated heterocycles. The number of hydrogen-bond donors (Lipinski definition) is 2. The van der Waals surface area contributed by atoms with E-state index in [2.05, 4.69) is 34.3 Å². The Balaban J connectivity index is 1.37. The van der Waals surface area contributed by atoms with Crippen molar-refractivity contribution in [2.75, 3.05) is 59.0 Å². The number of piperidine rings is 2. The van der Waals surface area contributed by atoms with E-state index < -0.39 is 0 Å². The van der Waals surface area contributed by atoms with Gasteiger partial charge in [0.15, 0.2) is 0 Å². The first-order valence-electron chi connectivity index (χ1n) is 9.88. The highest BCUT2D eigenvalue weighted by Crippen LogP contribution is 2.27. The van der Waals surface area contributed by atoms with Gasteiger partial charge in [-0.05, 0) is 20.3 Å². The summed E-state index contributed by atoms with van der Waals surface area (Å²) in [6.45, 7) is 14.0. The maximum atomic E-state index is 6.27. The van der Waals surface area contributed by atoms with E-state index in [9.17, 15) is 0 Å². The molecule has 4 rings (SSSR count). The maximum Gasteiger partial charge on any atom is 0.0795 e. The number of hydrogen-bond acceptors (Lipinski definition) is 6.